The van der Waals surface area contributed by atoms with Gasteiger partial charge in [0.1, 0.15) is 5.82 Å². The minimum absolute atomic E-state index is 0.0211. The van der Waals surface area contributed by atoms with Gasteiger partial charge in [0.15, 0.2) is 5.65 Å². The average molecular weight is 477 g/mol. The van der Waals surface area contributed by atoms with Crippen LogP contribution in [-0.4, -0.2) is 26.4 Å². The number of aromatic nitrogens is 4. The second-order valence-electron chi connectivity index (χ2n) is 9.55. The summed E-state index contributed by atoms with van der Waals surface area (Å²) < 4.78 is 23.2. The molecule has 2 fully saturated rings. The molecule has 2 atom stereocenters. The lowest BCUT2D eigenvalue weighted by atomic mass is 9.88. The molecule has 6 rings (SSSR count). The number of aryl methyl sites for hydroxylation is 2. The highest BCUT2D eigenvalue weighted by Gasteiger charge is 2.30. The van der Waals surface area contributed by atoms with Crippen molar-refractivity contribution in [1.29, 1.82) is 0 Å². The van der Waals surface area contributed by atoms with Crippen molar-refractivity contribution in [2.75, 3.05) is 6.61 Å². The molecule has 0 N–H and O–H groups in total. The quantitative estimate of drug-likeness (QED) is 0.322. The lowest BCUT2D eigenvalue weighted by molar-refractivity contribution is 0.00464. The van der Waals surface area contributed by atoms with Crippen molar-refractivity contribution < 1.29 is 9.13 Å². The summed E-state index contributed by atoms with van der Waals surface area (Å²) in [6.45, 7) is 4.64. The molecule has 2 unspecified atom stereocenters. The van der Waals surface area contributed by atoms with Crippen LogP contribution in [0.1, 0.15) is 66.3 Å². The molecule has 1 aliphatic carbocycles. The van der Waals surface area contributed by atoms with Crippen LogP contribution < -0.4 is 0 Å². The molecule has 0 bridgehead atoms. The van der Waals surface area contributed by atoms with E-state index in [1.165, 1.54) is 18.9 Å². The summed E-state index contributed by atoms with van der Waals surface area (Å²) in [6.07, 6.45) is 8.11. The summed E-state index contributed by atoms with van der Waals surface area (Å²) in [5.74, 6) is -0.161. The Hall–Kier alpha value is -2.83. The molecule has 1 saturated carbocycles. The number of nitrogens with zero attached hydrogens (tertiary/aromatic N) is 4. The Morgan fingerprint density at radius 2 is 1.91 bits per heavy atom. The van der Waals surface area contributed by atoms with Crippen LogP contribution in [0.5, 0.6) is 0 Å². The number of rotatable bonds is 4. The zero-order chi connectivity index (χ0) is 23.4. The van der Waals surface area contributed by atoms with E-state index in [1.54, 1.807) is 12.1 Å². The number of fused-ring (bicyclic) bond motifs is 1. The molecule has 0 radical (unpaired) electrons. The molecular formula is C27H26ClFN4O. The molecule has 3 aromatic heterocycles. The Bertz CT molecular complexity index is 1400. The maximum absolute atomic E-state index is 15.0. The number of hydrogen-bond donors (Lipinski definition) is 0. The second-order valence-corrected chi connectivity index (χ2v) is 9.98. The number of halogens is 2. The van der Waals surface area contributed by atoms with Gasteiger partial charge in [-0.25, -0.2) is 14.4 Å². The molecule has 1 aliphatic heterocycles. The highest BCUT2D eigenvalue weighted by molar-refractivity contribution is 6.30. The first kappa shape index (κ1) is 21.7. The molecule has 174 valence electrons. The van der Waals surface area contributed by atoms with E-state index in [1.807, 2.05) is 26.1 Å². The van der Waals surface area contributed by atoms with E-state index in [9.17, 15) is 0 Å². The summed E-state index contributed by atoms with van der Waals surface area (Å²) in [5, 5.41) is 5.77. The highest BCUT2D eigenvalue weighted by atomic mass is 35.5. The topological polar surface area (TPSA) is 52.8 Å². The highest BCUT2D eigenvalue weighted by Crippen LogP contribution is 2.41. The predicted molar refractivity (Wildman–Crippen MR) is 131 cm³/mol. The van der Waals surface area contributed by atoms with Crippen molar-refractivity contribution in [3.8, 4) is 11.1 Å². The smallest absolute Gasteiger partial charge is 0.160 e. The SMILES string of the molecule is Cc1cc2c(-c3ccc(Cl)cc3F)cc(C3CCOC(c4cnn(C5CC5)c4)C3)nc2nc1C. The van der Waals surface area contributed by atoms with Crippen molar-refractivity contribution >= 4 is 22.6 Å². The van der Waals surface area contributed by atoms with Gasteiger partial charge < -0.3 is 4.74 Å². The molecule has 2 aliphatic rings. The van der Waals surface area contributed by atoms with Crippen LogP contribution in [0.25, 0.3) is 22.2 Å². The van der Waals surface area contributed by atoms with Gasteiger partial charge in [-0.2, -0.15) is 5.10 Å². The Labute approximate surface area is 202 Å². The van der Waals surface area contributed by atoms with E-state index in [0.29, 0.717) is 28.9 Å². The maximum atomic E-state index is 15.0. The van der Waals surface area contributed by atoms with Crippen LogP contribution in [-0.2, 0) is 4.74 Å². The normalized spacial score (nSPS) is 20.7. The molecule has 5 nitrogen and oxygen atoms in total. The summed E-state index contributed by atoms with van der Waals surface area (Å²) >= 11 is 6.04. The van der Waals surface area contributed by atoms with Crippen molar-refractivity contribution in [2.24, 2.45) is 0 Å². The van der Waals surface area contributed by atoms with E-state index >= 15 is 4.39 Å². The van der Waals surface area contributed by atoms with Crippen LogP contribution in [0.2, 0.25) is 5.02 Å². The maximum Gasteiger partial charge on any atom is 0.160 e. The number of hydrogen-bond acceptors (Lipinski definition) is 4. The monoisotopic (exact) mass is 476 g/mol. The number of pyridine rings is 2. The van der Waals surface area contributed by atoms with Crippen molar-refractivity contribution in [2.45, 2.75) is 57.6 Å². The van der Waals surface area contributed by atoms with Crippen molar-refractivity contribution in [3.63, 3.8) is 0 Å². The van der Waals surface area contributed by atoms with Gasteiger partial charge in [-0.05, 0) is 81.0 Å². The standard InChI is InChI=1S/C27H26ClFN4O/c1-15-9-23-22(21-6-3-19(28)11-24(21)29)12-25(32-27(23)31-16(15)2)17-7-8-34-26(10-17)18-13-30-33(14-18)20-4-5-20/h3,6,9,11-14,17,20,26H,4-5,7-8,10H2,1-2H3. The van der Waals surface area contributed by atoms with Gasteiger partial charge in [0.05, 0.1) is 18.3 Å². The number of ether oxygens (including phenoxy) is 1. The van der Waals surface area contributed by atoms with E-state index in [-0.39, 0.29) is 17.8 Å². The first-order valence-corrected chi connectivity index (χ1v) is 12.2. The van der Waals surface area contributed by atoms with E-state index in [2.05, 4.69) is 22.0 Å². The molecule has 0 spiro atoms. The minimum Gasteiger partial charge on any atom is -0.373 e. The summed E-state index contributed by atoms with van der Waals surface area (Å²) in [6, 6.07) is 9.46. The van der Waals surface area contributed by atoms with Gasteiger partial charge in [-0.1, -0.05) is 11.6 Å². The zero-order valence-electron chi connectivity index (χ0n) is 19.3. The van der Waals surface area contributed by atoms with Gasteiger partial charge in [0.2, 0.25) is 0 Å². The Morgan fingerprint density at radius 1 is 1.06 bits per heavy atom. The lowest BCUT2D eigenvalue weighted by Gasteiger charge is -2.29. The molecule has 0 amide bonds. The van der Waals surface area contributed by atoms with E-state index in [0.717, 1.165) is 46.3 Å². The fourth-order valence-electron chi connectivity index (χ4n) is 4.85. The van der Waals surface area contributed by atoms with Crippen molar-refractivity contribution in [1.82, 2.24) is 19.7 Å². The third kappa shape index (κ3) is 3.99. The first-order valence-electron chi connectivity index (χ1n) is 11.9. The average Bonchev–Trinajstić information content (AvgIpc) is 3.56. The van der Waals surface area contributed by atoms with Crippen LogP contribution in [0.3, 0.4) is 0 Å². The first-order chi connectivity index (χ1) is 16.5. The van der Waals surface area contributed by atoms with Gasteiger partial charge >= 0.3 is 0 Å². The van der Waals surface area contributed by atoms with Crippen LogP contribution >= 0.6 is 11.6 Å². The van der Waals surface area contributed by atoms with Crippen molar-refractivity contribution in [3.05, 3.63) is 76.1 Å². The van der Waals surface area contributed by atoms with Crippen LogP contribution in [0.15, 0.2) is 42.7 Å². The molecule has 1 saturated heterocycles. The van der Waals surface area contributed by atoms with Gasteiger partial charge in [-0.3, -0.25) is 4.68 Å². The third-order valence-corrected chi connectivity index (χ3v) is 7.34. The van der Waals surface area contributed by atoms with Gasteiger partial charge in [0.25, 0.3) is 0 Å². The molecule has 4 heterocycles. The Morgan fingerprint density at radius 3 is 2.71 bits per heavy atom. The third-order valence-electron chi connectivity index (χ3n) is 7.10. The van der Waals surface area contributed by atoms with Gasteiger partial charge in [-0.15, -0.1) is 0 Å². The zero-order valence-corrected chi connectivity index (χ0v) is 20.0. The molecule has 34 heavy (non-hydrogen) atoms. The molecule has 1 aromatic carbocycles. The summed E-state index contributed by atoms with van der Waals surface area (Å²) in [5.41, 5.74) is 5.98. The fourth-order valence-corrected chi connectivity index (χ4v) is 5.01. The second kappa shape index (κ2) is 8.43. The molecule has 4 aromatic rings. The summed E-state index contributed by atoms with van der Waals surface area (Å²) in [4.78, 5) is 9.74. The van der Waals surface area contributed by atoms with Crippen LogP contribution in [0.4, 0.5) is 4.39 Å². The largest absolute Gasteiger partial charge is 0.373 e. The Balaban J connectivity index is 1.41. The summed E-state index contributed by atoms with van der Waals surface area (Å²) in [7, 11) is 0. The lowest BCUT2D eigenvalue weighted by Crippen LogP contribution is -2.19. The predicted octanol–water partition coefficient (Wildman–Crippen LogP) is 6.87. The van der Waals surface area contributed by atoms with E-state index < -0.39 is 0 Å². The number of benzene rings is 1. The molecular weight excluding hydrogens is 451 g/mol. The Kier molecular flexibility index (Phi) is 5.38. The van der Waals surface area contributed by atoms with E-state index in [4.69, 9.17) is 26.3 Å². The van der Waals surface area contributed by atoms with Crippen LogP contribution in [0, 0.1) is 19.7 Å². The molecule has 7 heteroatoms. The van der Waals surface area contributed by atoms with Gasteiger partial charge in [0, 0.05) is 51.6 Å². The minimum atomic E-state index is -0.346. The fraction of sp³-hybridized carbons (Fsp3) is 0.370.